The number of hydrogen-bond donors (Lipinski definition) is 2. The Kier molecular flexibility index (Phi) is 6.79. The van der Waals surface area contributed by atoms with Crippen LogP contribution in [0, 0.1) is 0 Å². The van der Waals surface area contributed by atoms with Crippen molar-refractivity contribution in [3.63, 3.8) is 0 Å². The van der Waals surface area contributed by atoms with E-state index in [2.05, 4.69) is 27.8 Å². The standard InChI is InChI=1S/C21H27N3O3/c1-22-21(23-12-6-8-16-7-5-9-17(13-16)25-2)24-14-18-15-26-19-10-3-4-11-20(19)27-18/h3-5,7,9-11,13,18H,6,8,12,14-15H2,1-2H3,(H2,22,23,24). The normalized spacial score (nSPS) is 15.9. The molecule has 0 saturated carbocycles. The minimum Gasteiger partial charge on any atom is -0.497 e. The van der Waals surface area contributed by atoms with Crippen molar-refractivity contribution >= 4 is 5.96 Å². The predicted molar refractivity (Wildman–Crippen MR) is 107 cm³/mol. The zero-order valence-corrected chi connectivity index (χ0v) is 15.9. The largest absolute Gasteiger partial charge is 0.497 e. The Morgan fingerprint density at radius 2 is 2.00 bits per heavy atom. The molecule has 0 radical (unpaired) electrons. The molecule has 0 fully saturated rings. The van der Waals surface area contributed by atoms with Gasteiger partial charge >= 0.3 is 0 Å². The van der Waals surface area contributed by atoms with Crippen LogP contribution in [0.3, 0.4) is 0 Å². The highest BCUT2D eigenvalue weighted by molar-refractivity contribution is 5.79. The summed E-state index contributed by atoms with van der Waals surface area (Å²) < 4.78 is 16.9. The summed E-state index contributed by atoms with van der Waals surface area (Å²) in [5.74, 6) is 3.25. The van der Waals surface area contributed by atoms with Crippen molar-refractivity contribution in [1.29, 1.82) is 0 Å². The van der Waals surface area contributed by atoms with Gasteiger partial charge in [-0.1, -0.05) is 24.3 Å². The van der Waals surface area contributed by atoms with E-state index in [1.165, 1.54) is 5.56 Å². The number of aliphatic imine (C=N–C) groups is 1. The molecule has 0 aliphatic carbocycles. The second-order valence-corrected chi connectivity index (χ2v) is 6.33. The summed E-state index contributed by atoms with van der Waals surface area (Å²) in [7, 11) is 3.46. The Labute approximate surface area is 160 Å². The molecule has 0 saturated heterocycles. The molecule has 2 aromatic carbocycles. The van der Waals surface area contributed by atoms with Crippen LogP contribution < -0.4 is 24.8 Å². The molecule has 27 heavy (non-hydrogen) atoms. The van der Waals surface area contributed by atoms with Crippen LogP contribution in [0.4, 0.5) is 0 Å². The summed E-state index contributed by atoms with van der Waals surface area (Å²) in [5, 5.41) is 6.64. The molecule has 1 aliphatic rings. The highest BCUT2D eigenvalue weighted by Crippen LogP contribution is 2.30. The van der Waals surface area contributed by atoms with E-state index in [1.807, 2.05) is 36.4 Å². The fourth-order valence-electron chi connectivity index (χ4n) is 2.92. The maximum atomic E-state index is 5.95. The van der Waals surface area contributed by atoms with Gasteiger partial charge in [0.05, 0.1) is 13.7 Å². The molecule has 0 aromatic heterocycles. The van der Waals surface area contributed by atoms with Gasteiger partial charge < -0.3 is 24.8 Å². The molecule has 0 bridgehead atoms. The van der Waals surface area contributed by atoms with Gasteiger partial charge in [0.25, 0.3) is 0 Å². The predicted octanol–water partition coefficient (Wildman–Crippen LogP) is 2.63. The minimum atomic E-state index is -0.0461. The number of para-hydroxylation sites is 2. The second kappa shape index (κ2) is 9.71. The molecule has 1 atom stereocenters. The molecule has 2 N–H and O–H groups in total. The van der Waals surface area contributed by atoms with Crippen LogP contribution in [0.5, 0.6) is 17.2 Å². The van der Waals surface area contributed by atoms with Crippen molar-refractivity contribution in [2.24, 2.45) is 4.99 Å². The van der Waals surface area contributed by atoms with Crippen molar-refractivity contribution in [3.8, 4) is 17.2 Å². The number of aryl methyl sites for hydroxylation is 1. The first-order chi connectivity index (χ1) is 13.3. The Morgan fingerprint density at radius 1 is 1.15 bits per heavy atom. The number of guanidine groups is 1. The van der Waals surface area contributed by atoms with Gasteiger partial charge in [-0.15, -0.1) is 0 Å². The van der Waals surface area contributed by atoms with Crippen molar-refractivity contribution in [3.05, 3.63) is 54.1 Å². The highest BCUT2D eigenvalue weighted by atomic mass is 16.6. The van der Waals surface area contributed by atoms with Crippen LogP contribution in [0.1, 0.15) is 12.0 Å². The fraction of sp³-hybridized carbons (Fsp3) is 0.381. The topological polar surface area (TPSA) is 64.1 Å². The Balaban J connectivity index is 1.37. The number of rotatable bonds is 7. The third-order valence-corrected chi connectivity index (χ3v) is 4.36. The van der Waals surface area contributed by atoms with Crippen molar-refractivity contribution < 1.29 is 14.2 Å². The van der Waals surface area contributed by atoms with E-state index in [4.69, 9.17) is 14.2 Å². The van der Waals surface area contributed by atoms with Crippen molar-refractivity contribution in [2.75, 3.05) is 33.9 Å². The molecule has 3 rings (SSSR count). The minimum absolute atomic E-state index is 0.0461. The van der Waals surface area contributed by atoms with Gasteiger partial charge in [-0.05, 0) is 42.7 Å². The quantitative estimate of drug-likeness (QED) is 0.446. The summed E-state index contributed by atoms with van der Waals surface area (Å²) in [6.45, 7) is 1.99. The fourth-order valence-corrected chi connectivity index (χ4v) is 2.92. The summed E-state index contributed by atoms with van der Waals surface area (Å²) in [6.07, 6.45) is 1.94. The zero-order valence-electron chi connectivity index (χ0n) is 15.9. The third-order valence-electron chi connectivity index (χ3n) is 4.36. The summed E-state index contributed by atoms with van der Waals surface area (Å²) >= 11 is 0. The Hall–Kier alpha value is -2.89. The Bertz CT molecular complexity index is 764. The van der Waals surface area contributed by atoms with Gasteiger partial charge in [-0.3, -0.25) is 4.99 Å². The van der Waals surface area contributed by atoms with E-state index in [9.17, 15) is 0 Å². The molecule has 2 aromatic rings. The number of methoxy groups -OCH3 is 1. The van der Waals surface area contributed by atoms with E-state index in [1.54, 1.807) is 14.2 Å². The van der Waals surface area contributed by atoms with Crippen molar-refractivity contribution in [2.45, 2.75) is 18.9 Å². The lowest BCUT2D eigenvalue weighted by Crippen LogP contribution is -2.45. The first-order valence-electron chi connectivity index (χ1n) is 9.24. The molecule has 6 heteroatoms. The van der Waals surface area contributed by atoms with E-state index in [-0.39, 0.29) is 6.10 Å². The van der Waals surface area contributed by atoms with Gasteiger partial charge in [0.2, 0.25) is 0 Å². The number of ether oxygens (including phenoxy) is 3. The highest BCUT2D eigenvalue weighted by Gasteiger charge is 2.20. The molecule has 1 heterocycles. The van der Waals surface area contributed by atoms with E-state index in [0.717, 1.165) is 42.6 Å². The average Bonchev–Trinajstić information content (AvgIpc) is 2.73. The average molecular weight is 369 g/mol. The molecular weight excluding hydrogens is 342 g/mol. The Morgan fingerprint density at radius 3 is 2.81 bits per heavy atom. The van der Waals surface area contributed by atoms with Gasteiger partial charge in [0.1, 0.15) is 18.5 Å². The lowest BCUT2D eigenvalue weighted by atomic mass is 10.1. The van der Waals surface area contributed by atoms with Gasteiger partial charge in [0.15, 0.2) is 17.5 Å². The summed E-state index contributed by atoms with van der Waals surface area (Å²) in [5.41, 5.74) is 1.27. The van der Waals surface area contributed by atoms with E-state index >= 15 is 0 Å². The van der Waals surface area contributed by atoms with Gasteiger partial charge in [-0.2, -0.15) is 0 Å². The van der Waals surface area contributed by atoms with Crippen LogP contribution in [0.2, 0.25) is 0 Å². The molecule has 1 aliphatic heterocycles. The van der Waals surface area contributed by atoms with Gasteiger partial charge in [-0.25, -0.2) is 0 Å². The number of hydrogen-bond acceptors (Lipinski definition) is 4. The number of nitrogens with one attached hydrogen (secondary N) is 2. The molecule has 0 spiro atoms. The van der Waals surface area contributed by atoms with Gasteiger partial charge in [0, 0.05) is 13.6 Å². The van der Waals surface area contributed by atoms with Crippen LogP contribution in [0.25, 0.3) is 0 Å². The zero-order chi connectivity index (χ0) is 18.9. The summed E-state index contributed by atoms with van der Waals surface area (Å²) in [4.78, 5) is 4.27. The number of benzene rings is 2. The maximum Gasteiger partial charge on any atom is 0.191 e. The maximum absolute atomic E-state index is 5.95. The van der Waals surface area contributed by atoms with Crippen LogP contribution in [-0.4, -0.2) is 45.9 Å². The SMILES string of the molecule is CN=C(NCCCc1cccc(OC)c1)NCC1COc2ccccc2O1. The smallest absolute Gasteiger partial charge is 0.191 e. The molecule has 1 unspecified atom stereocenters. The lowest BCUT2D eigenvalue weighted by molar-refractivity contribution is 0.0936. The summed E-state index contributed by atoms with van der Waals surface area (Å²) in [6, 6.07) is 15.9. The first kappa shape index (κ1) is 18.9. The van der Waals surface area contributed by atoms with E-state index in [0.29, 0.717) is 13.2 Å². The number of fused-ring (bicyclic) bond motifs is 1. The third kappa shape index (κ3) is 5.54. The monoisotopic (exact) mass is 369 g/mol. The van der Waals surface area contributed by atoms with Crippen LogP contribution in [0.15, 0.2) is 53.5 Å². The lowest BCUT2D eigenvalue weighted by Gasteiger charge is -2.27. The van der Waals surface area contributed by atoms with E-state index < -0.39 is 0 Å². The molecule has 0 amide bonds. The number of nitrogens with zero attached hydrogens (tertiary/aromatic N) is 1. The van der Waals surface area contributed by atoms with Crippen LogP contribution in [-0.2, 0) is 6.42 Å². The molecular formula is C21H27N3O3. The second-order valence-electron chi connectivity index (χ2n) is 6.33. The first-order valence-corrected chi connectivity index (χ1v) is 9.24. The molecule has 144 valence electrons. The van der Waals surface area contributed by atoms with Crippen molar-refractivity contribution in [1.82, 2.24) is 10.6 Å². The molecule has 6 nitrogen and oxygen atoms in total. The van der Waals surface area contributed by atoms with Crippen LogP contribution >= 0.6 is 0 Å².